The maximum absolute atomic E-state index is 10.9. The van der Waals surface area contributed by atoms with Gasteiger partial charge in [-0.3, -0.25) is 4.79 Å². The Balaban J connectivity index is 2.45. The van der Waals surface area contributed by atoms with Crippen molar-refractivity contribution in [2.75, 3.05) is 6.54 Å². The molecule has 3 heteroatoms. The lowest BCUT2D eigenvalue weighted by Gasteiger charge is -2.29. The summed E-state index contributed by atoms with van der Waals surface area (Å²) in [6.45, 7) is 0.522. The van der Waals surface area contributed by atoms with Crippen LogP contribution in [0.5, 0.6) is 0 Å². The molecular weight excluding hydrogens is 188 g/mol. The molecule has 0 unspecified atom stereocenters. The molecule has 0 bridgehead atoms. The van der Waals surface area contributed by atoms with Crippen LogP contribution in [-0.2, 0) is 4.79 Å². The van der Waals surface area contributed by atoms with Gasteiger partial charge in [0, 0.05) is 12.5 Å². The number of carbonyl (C=O) groups is 1. The molecule has 0 saturated heterocycles. The van der Waals surface area contributed by atoms with Gasteiger partial charge >= 0.3 is 0 Å². The van der Waals surface area contributed by atoms with E-state index in [1.807, 2.05) is 0 Å². The van der Waals surface area contributed by atoms with Crippen LogP contribution in [0.4, 0.5) is 0 Å². The Bertz CT molecular complexity index is 238. The van der Waals surface area contributed by atoms with E-state index in [9.17, 15) is 4.79 Å². The number of rotatable bonds is 5. The molecule has 0 spiro atoms. The minimum Gasteiger partial charge on any atom is -0.370 e. The van der Waals surface area contributed by atoms with Crippen LogP contribution in [0, 0.1) is 18.3 Å². The van der Waals surface area contributed by atoms with Crippen LogP contribution in [0.3, 0.4) is 0 Å². The van der Waals surface area contributed by atoms with Crippen LogP contribution < -0.4 is 11.1 Å². The number of hydrogen-bond acceptors (Lipinski definition) is 2. The van der Waals surface area contributed by atoms with Crippen molar-refractivity contribution in [3.05, 3.63) is 0 Å². The molecule has 0 radical (unpaired) electrons. The van der Waals surface area contributed by atoms with E-state index in [1.54, 1.807) is 0 Å². The summed E-state index contributed by atoms with van der Waals surface area (Å²) < 4.78 is 0. The summed E-state index contributed by atoms with van der Waals surface area (Å²) in [5, 5.41) is 3.23. The summed E-state index contributed by atoms with van der Waals surface area (Å²) in [6, 6.07) is 0.179. The number of terminal acetylenes is 1. The standard InChI is InChI=1S/C12H20N2O/c1-2-8-14-11(9-12(13)15)10-6-4-3-5-7-10/h1,10-11,14H,3-9H2,(H2,13,15)/t11-/m1/s1. The molecule has 0 aromatic rings. The van der Waals surface area contributed by atoms with Gasteiger partial charge in [-0.2, -0.15) is 0 Å². The summed E-state index contributed by atoms with van der Waals surface area (Å²) in [4.78, 5) is 10.9. The van der Waals surface area contributed by atoms with Crippen LogP contribution in [0.2, 0.25) is 0 Å². The molecule has 1 saturated carbocycles. The third-order valence-electron chi connectivity index (χ3n) is 3.11. The van der Waals surface area contributed by atoms with Gasteiger partial charge in [-0.1, -0.05) is 25.2 Å². The first-order chi connectivity index (χ1) is 7.24. The highest BCUT2D eigenvalue weighted by Crippen LogP contribution is 2.27. The summed E-state index contributed by atoms with van der Waals surface area (Å²) >= 11 is 0. The minimum atomic E-state index is -0.241. The third-order valence-corrected chi connectivity index (χ3v) is 3.11. The first-order valence-corrected chi connectivity index (χ1v) is 5.69. The number of primary amides is 1. The van der Waals surface area contributed by atoms with E-state index in [1.165, 1.54) is 32.1 Å². The van der Waals surface area contributed by atoms with E-state index in [0.29, 0.717) is 18.9 Å². The molecular formula is C12H20N2O. The van der Waals surface area contributed by atoms with Crippen molar-refractivity contribution in [1.29, 1.82) is 0 Å². The molecule has 3 nitrogen and oxygen atoms in total. The van der Waals surface area contributed by atoms with E-state index in [2.05, 4.69) is 11.2 Å². The zero-order valence-corrected chi connectivity index (χ0v) is 9.17. The molecule has 84 valence electrons. The highest BCUT2D eigenvalue weighted by Gasteiger charge is 2.24. The van der Waals surface area contributed by atoms with Gasteiger partial charge in [0.15, 0.2) is 0 Å². The second-order valence-electron chi connectivity index (χ2n) is 4.26. The van der Waals surface area contributed by atoms with Crippen LogP contribution in [0.15, 0.2) is 0 Å². The molecule has 3 N–H and O–H groups in total. The fourth-order valence-corrected chi connectivity index (χ4v) is 2.35. The van der Waals surface area contributed by atoms with Gasteiger partial charge in [-0.15, -0.1) is 6.42 Å². The highest BCUT2D eigenvalue weighted by atomic mass is 16.1. The van der Waals surface area contributed by atoms with E-state index in [-0.39, 0.29) is 11.9 Å². The molecule has 0 aromatic heterocycles. The molecule has 0 heterocycles. The molecule has 15 heavy (non-hydrogen) atoms. The van der Waals surface area contributed by atoms with Crippen LogP contribution in [0.25, 0.3) is 0 Å². The Morgan fingerprint density at radius 3 is 2.67 bits per heavy atom. The van der Waals surface area contributed by atoms with E-state index < -0.39 is 0 Å². The van der Waals surface area contributed by atoms with Gasteiger partial charge in [-0.05, 0) is 18.8 Å². The van der Waals surface area contributed by atoms with Gasteiger partial charge < -0.3 is 11.1 Å². The number of carbonyl (C=O) groups excluding carboxylic acids is 1. The zero-order chi connectivity index (χ0) is 11.1. The number of nitrogens with one attached hydrogen (secondary N) is 1. The fourth-order valence-electron chi connectivity index (χ4n) is 2.35. The lowest BCUT2D eigenvalue weighted by molar-refractivity contribution is -0.118. The normalized spacial score (nSPS) is 19.4. The number of amides is 1. The van der Waals surface area contributed by atoms with Crippen molar-refractivity contribution in [2.24, 2.45) is 11.7 Å². The van der Waals surface area contributed by atoms with E-state index >= 15 is 0 Å². The van der Waals surface area contributed by atoms with Crippen molar-refractivity contribution in [2.45, 2.75) is 44.6 Å². The third kappa shape index (κ3) is 4.35. The van der Waals surface area contributed by atoms with Gasteiger partial charge in [0.05, 0.1) is 6.54 Å². The smallest absolute Gasteiger partial charge is 0.218 e. The number of nitrogens with two attached hydrogens (primary N) is 1. The molecule has 1 atom stereocenters. The van der Waals surface area contributed by atoms with Crippen LogP contribution >= 0.6 is 0 Å². The predicted molar refractivity (Wildman–Crippen MR) is 61.0 cm³/mol. The van der Waals surface area contributed by atoms with Crippen LogP contribution in [-0.4, -0.2) is 18.5 Å². The van der Waals surface area contributed by atoms with Gasteiger partial charge in [0.1, 0.15) is 0 Å². The van der Waals surface area contributed by atoms with E-state index in [0.717, 1.165) is 0 Å². The molecule has 1 aliphatic carbocycles. The largest absolute Gasteiger partial charge is 0.370 e. The van der Waals surface area contributed by atoms with Crippen molar-refractivity contribution >= 4 is 5.91 Å². The second-order valence-corrected chi connectivity index (χ2v) is 4.26. The Morgan fingerprint density at radius 1 is 1.47 bits per heavy atom. The SMILES string of the molecule is C#CCN[C@H](CC(N)=O)C1CCCCC1. The first-order valence-electron chi connectivity index (χ1n) is 5.69. The average Bonchev–Trinajstić information content (AvgIpc) is 2.25. The van der Waals surface area contributed by atoms with Crippen LogP contribution in [0.1, 0.15) is 38.5 Å². The quantitative estimate of drug-likeness (QED) is 0.663. The molecule has 1 fully saturated rings. The Kier molecular flexibility index (Phi) is 5.20. The lowest BCUT2D eigenvalue weighted by Crippen LogP contribution is -2.40. The van der Waals surface area contributed by atoms with Crippen molar-refractivity contribution in [3.8, 4) is 12.3 Å². The van der Waals surface area contributed by atoms with Crippen molar-refractivity contribution in [3.63, 3.8) is 0 Å². The topological polar surface area (TPSA) is 55.1 Å². The maximum Gasteiger partial charge on any atom is 0.218 e. The zero-order valence-electron chi connectivity index (χ0n) is 9.17. The second kappa shape index (κ2) is 6.47. The summed E-state index contributed by atoms with van der Waals surface area (Å²) in [5.41, 5.74) is 5.24. The van der Waals surface area contributed by atoms with Gasteiger partial charge in [0.25, 0.3) is 0 Å². The highest BCUT2D eigenvalue weighted by molar-refractivity contribution is 5.74. The Morgan fingerprint density at radius 2 is 2.13 bits per heavy atom. The van der Waals surface area contributed by atoms with Gasteiger partial charge in [0.2, 0.25) is 5.91 Å². The summed E-state index contributed by atoms with van der Waals surface area (Å²) in [7, 11) is 0. The Labute approximate surface area is 91.8 Å². The first kappa shape index (κ1) is 12.1. The monoisotopic (exact) mass is 208 g/mol. The minimum absolute atomic E-state index is 0.179. The molecule has 0 aliphatic heterocycles. The number of hydrogen-bond donors (Lipinski definition) is 2. The van der Waals surface area contributed by atoms with E-state index in [4.69, 9.17) is 12.2 Å². The van der Waals surface area contributed by atoms with Crippen molar-refractivity contribution in [1.82, 2.24) is 5.32 Å². The molecule has 1 amide bonds. The van der Waals surface area contributed by atoms with Crippen molar-refractivity contribution < 1.29 is 4.79 Å². The average molecular weight is 208 g/mol. The predicted octanol–water partition coefficient (Wildman–Crippen LogP) is 1.03. The summed E-state index contributed by atoms with van der Waals surface area (Å²) in [5.74, 6) is 2.88. The summed E-state index contributed by atoms with van der Waals surface area (Å²) in [6.07, 6.45) is 11.8. The maximum atomic E-state index is 10.9. The fraction of sp³-hybridized carbons (Fsp3) is 0.750. The molecule has 1 aliphatic rings. The lowest BCUT2D eigenvalue weighted by atomic mass is 9.82. The van der Waals surface area contributed by atoms with Gasteiger partial charge in [-0.25, -0.2) is 0 Å². The molecule has 0 aromatic carbocycles. The molecule has 1 rings (SSSR count). The Hall–Kier alpha value is -1.01.